The molecule has 24 heavy (non-hydrogen) atoms. The largest absolute Gasteiger partial charge is 0.345 e. The number of rotatable bonds is 4. The van der Waals surface area contributed by atoms with Crippen LogP contribution in [0.25, 0.3) is 0 Å². The summed E-state index contributed by atoms with van der Waals surface area (Å²) in [4.78, 5) is 12.6. The van der Waals surface area contributed by atoms with Crippen molar-refractivity contribution in [3.63, 3.8) is 0 Å². The Morgan fingerprint density at radius 3 is 2.21 bits per heavy atom. The van der Waals surface area contributed by atoms with Gasteiger partial charge in [-0.1, -0.05) is 30.3 Å². The number of hydrogen-bond donors (Lipinski definition) is 1. The Morgan fingerprint density at radius 1 is 0.958 bits per heavy atom. The fourth-order valence-electron chi connectivity index (χ4n) is 1.98. The average Bonchev–Trinajstić information content (AvgIpc) is 2.63. The highest BCUT2D eigenvalue weighted by Crippen LogP contribution is 2.23. The van der Waals surface area contributed by atoms with Crippen molar-refractivity contribution in [2.24, 2.45) is 0 Å². The van der Waals surface area contributed by atoms with Gasteiger partial charge < -0.3 is 5.32 Å². The Morgan fingerprint density at radius 2 is 1.62 bits per heavy atom. The highest BCUT2D eigenvalue weighted by molar-refractivity contribution is 6.12. The summed E-state index contributed by atoms with van der Waals surface area (Å²) in [5, 5.41) is 29.4. The molecule has 2 rings (SSSR count). The number of nitrogens with one attached hydrogen (secondary N) is 1. The monoisotopic (exact) mass is 316 g/mol. The Bertz CT molecular complexity index is 928. The topological polar surface area (TPSA) is 100 Å². The zero-order valence-corrected chi connectivity index (χ0v) is 12.2. The second-order valence-corrected chi connectivity index (χ2v) is 4.60. The number of benzene rings is 2. The molecule has 5 nitrogen and oxygen atoms in total. The van der Waals surface area contributed by atoms with Crippen molar-refractivity contribution in [1.82, 2.24) is 0 Å². The van der Waals surface area contributed by atoms with Crippen LogP contribution in [0.15, 0.2) is 59.8 Å². The van der Waals surface area contributed by atoms with Gasteiger partial charge >= 0.3 is 0 Å². The summed E-state index contributed by atoms with van der Waals surface area (Å²) in [5.74, 6) is -1.08. The van der Waals surface area contributed by atoms with Crippen molar-refractivity contribution < 1.29 is 9.18 Å². The maximum atomic E-state index is 13.6. The van der Waals surface area contributed by atoms with E-state index in [1.807, 2.05) is 0 Å². The number of halogens is 1. The van der Waals surface area contributed by atoms with Crippen LogP contribution >= 0.6 is 0 Å². The van der Waals surface area contributed by atoms with Gasteiger partial charge in [0.2, 0.25) is 0 Å². The first kappa shape index (κ1) is 16.4. The Kier molecular flexibility index (Phi) is 5.03. The van der Waals surface area contributed by atoms with Gasteiger partial charge in [0.05, 0.1) is 5.69 Å². The molecular weight excluding hydrogens is 307 g/mol. The molecule has 2 aromatic carbocycles. The van der Waals surface area contributed by atoms with E-state index >= 15 is 0 Å². The molecule has 0 radical (unpaired) electrons. The molecule has 0 saturated heterocycles. The summed E-state index contributed by atoms with van der Waals surface area (Å²) in [6.45, 7) is 0. The lowest BCUT2D eigenvalue weighted by Gasteiger charge is -2.11. The summed E-state index contributed by atoms with van der Waals surface area (Å²) in [5.41, 5.74) is -0.280. The SMILES string of the molecule is N#CC(C#N)=C(C#N)Nc1ccc(F)cc1C(=O)c1ccccc1. The van der Waals surface area contributed by atoms with Gasteiger partial charge in [-0.3, -0.25) is 4.79 Å². The van der Waals surface area contributed by atoms with E-state index in [4.69, 9.17) is 15.8 Å². The summed E-state index contributed by atoms with van der Waals surface area (Å²) in [6, 6.07) is 16.5. The number of carbonyl (C=O) groups is 1. The standard InChI is InChI=1S/C18H9FN4O/c19-14-6-7-16(23-17(11-22)13(9-20)10-21)15(8-14)18(24)12-4-2-1-3-5-12/h1-8,23H. The minimum Gasteiger partial charge on any atom is -0.345 e. The molecule has 0 aliphatic carbocycles. The maximum absolute atomic E-state index is 13.6. The van der Waals surface area contributed by atoms with Crippen LogP contribution in [0.4, 0.5) is 10.1 Å². The molecule has 0 atom stereocenters. The van der Waals surface area contributed by atoms with Gasteiger partial charge in [0, 0.05) is 11.1 Å². The zero-order valence-electron chi connectivity index (χ0n) is 12.2. The fraction of sp³-hybridized carbons (Fsp3) is 0. The first-order chi connectivity index (χ1) is 11.6. The van der Waals surface area contributed by atoms with Crippen LogP contribution in [0.3, 0.4) is 0 Å². The molecule has 0 aromatic heterocycles. The van der Waals surface area contributed by atoms with Crippen LogP contribution in [0, 0.1) is 39.8 Å². The molecule has 0 heterocycles. The van der Waals surface area contributed by atoms with Crippen LogP contribution < -0.4 is 5.32 Å². The van der Waals surface area contributed by atoms with Gasteiger partial charge in [-0.15, -0.1) is 0 Å². The molecule has 2 aromatic rings. The molecule has 1 N–H and O–H groups in total. The summed E-state index contributed by atoms with van der Waals surface area (Å²) >= 11 is 0. The van der Waals surface area contributed by atoms with Crippen molar-refractivity contribution in [3.05, 3.63) is 76.7 Å². The third kappa shape index (κ3) is 3.44. The number of hydrogen-bond acceptors (Lipinski definition) is 5. The summed E-state index contributed by atoms with van der Waals surface area (Å²) in [7, 11) is 0. The van der Waals surface area contributed by atoms with Crippen molar-refractivity contribution >= 4 is 11.5 Å². The molecule has 0 aliphatic heterocycles. The maximum Gasteiger partial charge on any atom is 0.195 e. The van der Waals surface area contributed by atoms with E-state index in [1.165, 1.54) is 6.07 Å². The first-order valence-corrected chi connectivity index (χ1v) is 6.71. The average molecular weight is 316 g/mol. The van der Waals surface area contributed by atoms with Gasteiger partial charge in [-0.05, 0) is 18.2 Å². The molecule has 0 fully saturated rings. The van der Waals surface area contributed by atoms with Crippen molar-refractivity contribution in [3.8, 4) is 18.2 Å². The third-order valence-corrected chi connectivity index (χ3v) is 3.11. The van der Waals surface area contributed by atoms with E-state index in [1.54, 1.807) is 48.5 Å². The Balaban J connectivity index is 2.53. The highest BCUT2D eigenvalue weighted by atomic mass is 19.1. The van der Waals surface area contributed by atoms with Crippen molar-refractivity contribution in [1.29, 1.82) is 15.8 Å². The number of nitriles is 3. The van der Waals surface area contributed by atoms with E-state index in [-0.39, 0.29) is 16.9 Å². The molecule has 0 unspecified atom stereocenters. The molecule has 0 bridgehead atoms. The van der Waals surface area contributed by atoms with Crippen molar-refractivity contribution in [2.75, 3.05) is 5.32 Å². The predicted octanol–water partition coefficient (Wildman–Crippen LogP) is 3.29. The fourth-order valence-corrected chi connectivity index (χ4v) is 1.98. The van der Waals surface area contributed by atoms with E-state index in [9.17, 15) is 9.18 Å². The smallest absolute Gasteiger partial charge is 0.195 e. The predicted molar refractivity (Wildman–Crippen MR) is 83.8 cm³/mol. The normalized spacial score (nSPS) is 9.08. The van der Waals surface area contributed by atoms with Gasteiger partial charge in [-0.2, -0.15) is 15.8 Å². The zero-order chi connectivity index (χ0) is 17.5. The highest BCUT2D eigenvalue weighted by Gasteiger charge is 2.16. The lowest BCUT2D eigenvalue weighted by molar-refractivity contribution is 0.103. The third-order valence-electron chi connectivity index (χ3n) is 3.11. The van der Waals surface area contributed by atoms with Crippen LogP contribution in [-0.4, -0.2) is 5.78 Å². The summed E-state index contributed by atoms with van der Waals surface area (Å²) < 4.78 is 13.6. The van der Waals surface area contributed by atoms with E-state index < -0.39 is 17.2 Å². The van der Waals surface area contributed by atoms with Crippen LogP contribution in [0.2, 0.25) is 0 Å². The minimum atomic E-state index is -0.622. The van der Waals surface area contributed by atoms with Gasteiger partial charge in [0.25, 0.3) is 0 Å². The van der Waals surface area contributed by atoms with E-state index in [0.29, 0.717) is 5.56 Å². The Hall–Kier alpha value is -3.95. The molecular formula is C18H9FN4O. The number of anilines is 1. The van der Waals surface area contributed by atoms with E-state index in [0.717, 1.165) is 12.1 Å². The lowest BCUT2D eigenvalue weighted by atomic mass is 10.0. The molecule has 0 saturated carbocycles. The van der Waals surface area contributed by atoms with E-state index in [2.05, 4.69) is 5.32 Å². The first-order valence-electron chi connectivity index (χ1n) is 6.71. The molecule has 0 aliphatic rings. The van der Waals surface area contributed by atoms with Crippen LogP contribution in [-0.2, 0) is 0 Å². The molecule has 6 heteroatoms. The second-order valence-electron chi connectivity index (χ2n) is 4.60. The lowest BCUT2D eigenvalue weighted by Crippen LogP contribution is -2.09. The number of ketones is 1. The Labute approximate surface area is 137 Å². The number of allylic oxidation sites excluding steroid dienone is 2. The molecule has 114 valence electrons. The second kappa shape index (κ2) is 7.35. The molecule has 0 spiro atoms. The van der Waals surface area contributed by atoms with Gasteiger partial charge in [0.1, 0.15) is 29.7 Å². The minimum absolute atomic E-state index is 0.0100. The number of carbonyl (C=O) groups excluding carboxylic acids is 1. The summed E-state index contributed by atoms with van der Waals surface area (Å²) in [6.07, 6.45) is 0. The van der Waals surface area contributed by atoms with Gasteiger partial charge in [0.15, 0.2) is 11.4 Å². The van der Waals surface area contributed by atoms with Gasteiger partial charge in [-0.25, -0.2) is 4.39 Å². The van der Waals surface area contributed by atoms with Crippen LogP contribution in [0.5, 0.6) is 0 Å². The van der Waals surface area contributed by atoms with Crippen molar-refractivity contribution in [2.45, 2.75) is 0 Å². The quantitative estimate of drug-likeness (QED) is 0.689. The number of nitrogens with zero attached hydrogens (tertiary/aromatic N) is 3. The van der Waals surface area contributed by atoms with Crippen LogP contribution in [0.1, 0.15) is 15.9 Å². The molecule has 0 amide bonds.